The molecule has 2 rings (SSSR count). The van der Waals surface area contributed by atoms with E-state index in [4.69, 9.17) is 4.52 Å². The fourth-order valence-electron chi connectivity index (χ4n) is 2.67. The van der Waals surface area contributed by atoms with Crippen LogP contribution in [0.1, 0.15) is 37.3 Å². The van der Waals surface area contributed by atoms with E-state index in [9.17, 15) is 9.59 Å². The largest absolute Gasteiger partial charge is 0.360 e. The molecule has 0 unspecified atom stereocenters. The molecule has 0 saturated heterocycles. The minimum atomic E-state index is -0.394. The van der Waals surface area contributed by atoms with Crippen LogP contribution in [0.2, 0.25) is 0 Å². The molecule has 2 aromatic heterocycles. The molecule has 0 fully saturated rings. The number of aromatic nitrogens is 1. The number of anilines is 1. The van der Waals surface area contributed by atoms with E-state index in [0.717, 1.165) is 11.3 Å². The molecule has 0 aliphatic rings. The highest BCUT2D eigenvalue weighted by atomic mass is 32.1. The summed E-state index contributed by atoms with van der Waals surface area (Å²) in [6.07, 6.45) is 1.50. The zero-order chi connectivity index (χ0) is 18.9. The number of likely N-dealkylation sites (N-methyl/N-ethyl adjacent to an activating group) is 1. The maximum atomic E-state index is 12.7. The van der Waals surface area contributed by atoms with Gasteiger partial charge in [0.2, 0.25) is 11.8 Å². The highest BCUT2D eigenvalue weighted by Crippen LogP contribution is 2.13. The first kappa shape index (κ1) is 20.1. The van der Waals surface area contributed by atoms with E-state index in [1.54, 1.807) is 24.3 Å². The van der Waals surface area contributed by atoms with Crippen LogP contribution in [-0.4, -0.2) is 41.0 Å². The molecule has 2 aromatic rings. The highest BCUT2D eigenvalue weighted by molar-refractivity contribution is 7.09. The molecule has 8 heteroatoms. The zero-order valence-corrected chi connectivity index (χ0v) is 16.3. The lowest BCUT2D eigenvalue weighted by molar-refractivity contribution is -0.126. The number of thiophene rings is 1. The monoisotopic (exact) mass is 378 g/mol. The summed E-state index contributed by atoms with van der Waals surface area (Å²) in [7, 11) is 0. The van der Waals surface area contributed by atoms with Crippen LogP contribution in [0.3, 0.4) is 0 Å². The molecule has 0 radical (unpaired) electrons. The van der Waals surface area contributed by atoms with Crippen LogP contribution < -0.4 is 10.6 Å². The number of carbonyl (C=O) groups excluding carboxylic acids is 2. The zero-order valence-electron chi connectivity index (χ0n) is 15.4. The SMILES string of the molecule is CCC[C@@H](C(=O)Nc1cc(C)on1)N(CC)CC(=O)NCc1cccs1. The van der Waals surface area contributed by atoms with Crippen LogP contribution in [0.5, 0.6) is 0 Å². The Labute approximate surface area is 157 Å². The quantitative estimate of drug-likeness (QED) is 0.664. The van der Waals surface area contributed by atoms with E-state index in [1.165, 1.54) is 0 Å². The summed E-state index contributed by atoms with van der Waals surface area (Å²) in [5, 5.41) is 11.5. The second-order valence-electron chi connectivity index (χ2n) is 6.04. The van der Waals surface area contributed by atoms with Gasteiger partial charge in [0, 0.05) is 10.9 Å². The Morgan fingerprint density at radius 1 is 1.38 bits per heavy atom. The van der Waals surface area contributed by atoms with Gasteiger partial charge < -0.3 is 15.2 Å². The Balaban J connectivity index is 1.94. The van der Waals surface area contributed by atoms with Crippen molar-refractivity contribution in [2.45, 2.75) is 46.2 Å². The first-order chi connectivity index (χ1) is 12.5. The smallest absolute Gasteiger partial charge is 0.242 e. The number of carbonyl (C=O) groups is 2. The molecule has 0 aliphatic heterocycles. The Morgan fingerprint density at radius 2 is 2.19 bits per heavy atom. The molecule has 0 spiro atoms. The van der Waals surface area contributed by atoms with Crippen molar-refractivity contribution in [1.82, 2.24) is 15.4 Å². The number of amides is 2. The maximum Gasteiger partial charge on any atom is 0.242 e. The molecular formula is C18H26N4O3S. The van der Waals surface area contributed by atoms with E-state index in [0.29, 0.717) is 31.1 Å². The van der Waals surface area contributed by atoms with Gasteiger partial charge in [-0.3, -0.25) is 14.5 Å². The number of rotatable bonds is 10. The third-order valence-corrected chi connectivity index (χ3v) is 4.85. The third-order valence-electron chi connectivity index (χ3n) is 3.98. The van der Waals surface area contributed by atoms with E-state index in [1.807, 2.05) is 36.3 Å². The van der Waals surface area contributed by atoms with Gasteiger partial charge in [0.15, 0.2) is 5.82 Å². The van der Waals surface area contributed by atoms with Crippen LogP contribution in [0.25, 0.3) is 0 Å². The topological polar surface area (TPSA) is 87.5 Å². The minimum Gasteiger partial charge on any atom is -0.360 e. The number of nitrogens with one attached hydrogen (secondary N) is 2. The number of hydrogen-bond donors (Lipinski definition) is 2. The van der Waals surface area contributed by atoms with Gasteiger partial charge in [-0.25, -0.2) is 0 Å². The second kappa shape index (κ2) is 10.1. The van der Waals surface area contributed by atoms with Gasteiger partial charge in [0.05, 0.1) is 19.1 Å². The second-order valence-corrected chi connectivity index (χ2v) is 7.07. The summed E-state index contributed by atoms with van der Waals surface area (Å²) in [5.41, 5.74) is 0. The summed E-state index contributed by atoms with van der Waals surface area (Å²) in [6.45, 7) is 7.02. The Bertz CT molecular complexity index is 699. The Morgan fingerprint density at radius 3 is 2.77 bits per heavy atom. The summed E-state index contributed by atoms with van der Waals surface area (Å²) in [5.74, 6) is 0.763. The van der Waals surface area contributed by atoms with E-state index in [-0.39, 0.29) is 18.4 Å². The van der Waals surface area contributed by atoms with Crippen LogP contribution in [0, 0.1) is 6.92 Å². The van der Waals surface area contributed by atoms with Crippen LogP contribution in [-0.2, 0) is 16.1 Å². The first-order valence-corrected chi connectivity index (χ1v) is 9.68. The molecule has 26 heavy (non-hydrogen) atoms. The van der Waals surface area contributed by atoms with Gasteiger partial charge in [0.25, 0.3) is 0 Å². The normalized spacial score (nSPS) is 12.2. The van der Waals surface area contributed by atoms with E-state index in [2.05, 4.69) is 15.8 Å². The standard InChI is InChI=1S/C18H26N4O3S/c1-4-7-15(18(24)20-16-10-13(3)25-21-16)22(5-2)12-17(23)19-11-14-8-6-9-26-14/h6,8-10,15H,4-5,7,11-12H2,1-3H3,(H,19,23)(H,20,21,24)/t15-/m0/s1. The molecule has 0 bridgehead atoms. The van der Waals surface area contributed by atoms with Crippen molar-refractivity contribution in [1.29, 1.82) is 0 Å². The molecule has 142 valence electrons. The van der Waals surface area contributed by atoms with Gasteiger partial charge >= 0.3 is 0 Å². The molecule has 2 heterocycles. The van der Waals surface area contributed by atoms with Crippen LogP contribution in [0.4, 0.5) is 5.82 Å². The fraction of sp³-hybridized carbons (Fsp3) is 0.500. The maximum absolute atomic E-state index is 12.7. The number of hydrogen-bond acceptors (Lipinski definition) is 6. The molecule has 0 saturated carbocycles. The summed E-state index contributed by atoms with van der Waals surface area (Å²) >= 11 is 1.60. The van der Waals surface area contributed by atoms with Crippen molar-refractivity contribution in [3.05, 3.63) is 34.2 Å². The van der Waals surface area contributed by atoms with E-state index >= 15 is 0 Å². The van der Waals surface area contributed by atoms with Crippen LogP contribution >= 0.6 is 11.3 Å². The highest BCUT2D eigenvalue weighted by Gasteiger charge is 2.26. The minimum absolute atomic E-state index is 0.0913. The first-order valence-electron chi connectivity index (χ1n) is 8.80. The molecule has 2 N–H and O–H groups in total. The summed E-state index contributed by atoms with van der Waals surface area (Å²) in [6, 6.07) is 5.22. The Hall–Kier alpha value is -2.19. The average molecular weight is 378 g/mol. The number of nitrogens with zero attached hydrogens (tertiary/aromatic N) is 2. The van der Waals surface area contributed by atoms with Crippen molar-refractivity contribution >= 4 is 29.0 Å². The van der Waals surface area contributed by atoms with Gasteiger partial charge in [-0.05, 0) is 31.3 Å². The van der Waals surface area contributed by atoms with Gasteiger partial charge in [0.1, 0.15) is 5.76 Å². The number of aryl methyl sites for hydroxylation is 1. The summed E-state index contributed by atoms with van der Waals surface area (Å²) < 4.78 is 4.98. The van der Waals surface area contributed by atoms with Gasteiger partial charge in [-0.2, -0.15) is 0 Å². The lowest BCUT2D eigenvalue weighted by Gasteiger charge is -2.28. The summed E-state index contributed by atoms with van der Waals surface area (Å²) in [4.78, 5) is 28.0. The lowest BCUT2D eigenvalue weighted by Crippen LogP contribution is -2.48. The fourth-order valence-corrected chi connectivity index (χ4v) is 3.31. The van der Waals surface area contributed by atoms with Crippen molar-refractivity contribution in [3.63, 3.8) is 0 Å². The Kier molecular flexibility index (Phi) is 7.80. The van der Waals surface area contributed by atoms with Crippen LogP contribution in [0.15, 0.2) is 28.1 Å². The lowest BCUT2D eigenvalue weighted by atomic mass is 10.1. The molecule has 0 aliphatic carbocycles. The molecule has 1 atom stereocenters. The molecule has 7 nitrogen and oxygen atoms in total. The van der Waals surface area contributed by atoms with Gasteiger partial charge in [-0.15, -0.1) is 11.3 Å². The van der Waals surface area contributed by atoms with Crippen molar-refractivity contribution in [2.24, 2.45) is 0 Å². The predicted molar refractivity (Wildman–Crippen MR) is 102 cm³/mol. The van der Waals surface area contributed by atoms with Gasteiger partial charge in [-0.1, -0.05) is 31.5 Å². The molecule has 0 aromatic carbocycles. The van der Waals surface area contributed by atoms with Crippen molar-refractivity contribution in [3.8, 4) is 0 Å². The van der Waals surface area contributed by atoms with Crippen molar-refractivity contribution in [2.75, 3.05) is 18.4 Å². The molecule has 2 amide bonds. The third kappa shape index (κ3) is 5.96. The molecular weight excluding hydrogens is 352 g/mol. The van der Waals surface area contributed by atoms with E-state index < -0.39 is 6.04 Å². The van der Waals surface area contributed by atoms with Crippen molar-refractivity contribution < 1.29 is 14.1 Å². The average Bonchev–Trinajstić information content (AvgIpc) is 3.27. The predicted octanol–water partition coefficient (Wildman–Crippen LogP) is 2.79.